The summed E-state index contributed by atoms with van der Waals surface area (Å²) in [4.78, 5) is 65.9. The molecule has 3 aromatic carbocycles. The van der Waals surface area contributed by atoms with Crippen molar-refractivity contribution in [1.82, 2.24) is 30.2 Å². The summed E-state index contributed by atoms with van der Waals surface area (Å²) >= 11 is 37.1. The number of carbonyl (C=O) groups is 1. The third-order valence-electron chi connectivity index (χ3n) is 12.2. The number of nitrogens with zero attached hydrogens (tertiary/aromatic N) is 11. The lowest BCUT2D eigenvalue weighted by atomic mass is 10.1. The Morgan fingerprint density at radius 2 is 0.965 bits per heavy atom. The lowest BCUT2D eigenvalue weighted by molar-refractivity contribution is -0.609. The Morgan fingerprint density at radius 3 is 1.41 bits per heavy atom. The highest BCUT2D eigenvalue weighted by Gasteiger charge is 2.31. The van der Waals surface area contributed by atoms with E-state index in [4.69, 9.17) is 118 Å². The van der Waals surface area contributed by atoms with E-state index in [1.165, 1.54) is 79.9 Å². The van der Waals surface area contributed by atoms with Crippen molar-refractivity contribution in [2.24, 2.45) is 10.9 Å². The molecule has 0 amide bonds. The number of aryl methyl sites for hydroxylation is 2. The molecule has 0 aliphatic rings. The van der Waals surface area contributed by atoms with Crippen LogP contribution < -0.4 is 38.9 Å². The molecule has 5 aromatic heterocycles. The molecule has 2 N–H and O–H groups in total. The lowest BCUT2D eigenvalue weighted by Gasteiger charge is -2.11. The second-order valence-electron chi connectivity index (χ2n) is 17.3. The molecule has 8 aromatic rings. The second kappa shape index (κ2) is 27.7. The van der Waals surface area contributed by atoms with Gasteiger partial charge in [0.1, 0.15) is 20.9 Å². The molecule has 0 aliphatic carbocycles. The number of hydrogen-bond acceptors (Lipinski definition) is 24. The fourth-order valence-electron chi connectivity index (χ4n) is 7.95. The Balaban J connectivity index is 0.000000206. The largest absolute Gasteiger partial charge is 0.617 e. The van der Waals surface area contributed by atoms with Gasteiger partial charge >= 0.3 is 23.0 Å². The predicted molar refractivity (Wildman–Crippen MR) is 312 cm³/mol. The molecule has 0 radical (unpaired) electrons. The fourth-order valence-corrected chi connectivity index (χ4v) is 9.46. The molecule has 0 bridgehead atoms. The summed E-state index contributed by atoms with van der Waals surface area (Å²) in [7, 11) is 7.82. The number of nitro benzene ring substituents is 3. The Morgan fingerprint density at radius 1 is 0.558 bits per heavy atom. The van der Waals surface area contributed by atoms with E-state index in [2.05, 4.69) is 35.4 Å². The summed E-state index contributed by atoms with van der Waals surface area (Å²) in [5.41, 5.74) is 8.80. The Kier molecular flexibility index (Phi) is 21.3. The van der Waals surface area contributed by atoms with Gasteiger partial charge in [-0.25, -0.2) is 14.8 Å². The van der Waals surface area contributed by atoms with E-state index in [9.17, 15) is 40.3 Å². The van der Waals surface area contributed by atoms with Gasteiger partial charge in [-0.3, -0.25) is 30.3 Å². The van der Waals surface area contributed by atoms with Crippen molar-refractivity contribution in [3.05, 3.63) is 147 Å². The molecule has 0 spiro atoms. The van der Waals surface area contributed by atoms with Gasteiger partial charge in [0.2, 0.25) is 34.6 Å². The number of ether oxygens (including phenoxy) is 6. The van der Waals surface area contributed by atoms with Gasteiger partial charge in [0.05, 0.1) is 107 Å². The molecule has 0 saturated carbocycles. The van der Waals surface area contributed by atoms with Gasteiger partial charge < -0.3 is 53.2 Å². The maximum Gasteiger partial charge on any atom is 0.366 e. The van der Waals surface area contributed by atoms with Crippen molar-refractivity contribution in [2.45, 2.75) is 41.5 Å². The zero-order chi connectivity index (χ0) is 63.9. The van der Waals surface area contributed by atoms with Gasteiger partial charge in [0.15, 0.2) is 23.1 Å². The second-order valence-corrected chi connectivity index (χ2v) is 19.5. The molecular weight excluding hydrogens is 1270 g/mol. The van der Waals surface area contributed by atoms with Gasteiger partial charge in [-0.05, 0) is 81.1 Å². The minimum absolute atomic E-state index is 0.00596. The third kappa shape index (κ3) is 13.5. The van der Waals surface area contributed by atoms with E-state index < -0.39 is 26.4 Å². The minimum Gasteiger partial charge on any atom is -0.617 e. The number of oxime groups is 1. The highest BCUT2D eigenvalue weighted by molar-refractivity contribution is 6.37. The lowest BCUT2D eigenvalue weighted by Crippen LogP contribution is -2.33. The number of hydrogen-bond donors (Lipinski definition) is 1. The summed E-state index contributed by atoms with van der Waals surface area (Å²) in [5.74, 6) is -1.07. The molecule has 8 rings (SSSR count). The number of pyridine rings is 3. The molecule has 86 heavy (non-hydrogen) atoms. The molecule has 35 heteroatoms. The van der Waals surface area contributed by atoms with Crippen molar-refractivity contribution in [1.29, 1.82) is 0 Å². The average Bonchev–Trinajstić information content (AvgIpc) is 1.79. The first kappa shape index (κ1) is 66.0. The third-order valence-corrected chi connectivity index (χ3v) is 14.7. The van der Waals surface area contributed by atoms with Crippen LogP contribution in [0.3, 0.4) is 0 Å². The number of nitro groups is 3. The number of rotatable bonds is 16. The van der Waals surface area contributed by atoms with Crippen molar-refractivity contribution in [2.75, 3.05) is 42.7 Å². The predicted octanol–water partition coefficient (Wildman–Crippen LogP) is 11.9. The van der Waals surface area contributed by atoms with Crippen LogP contribution in [0.25, 0.3) is 45.7 Å². The Hall–Kier alpha value is -9.13. The zero-order valence-corrected chi connectivity index (χ0v) is 51.2. The van der Waals surface area contributed by atoms with Crippen molar-refractivity contribution in [3.8, 4) is 80.2 Å². The Bertz CT molecular complexity index is 4020. The number of benzene rings is 3. The van der Waals surface area contributed by atoms with Gasteiger partial charge in [-0.2, -0.15) is 14.7 Å². The molecular formula is C51H44Cl6N12O17. The standard InChI is InChI=1S/C17H14Cl2N4O6.C17H16Cl2N4O6.C17H14Cl2N4O5/c1-7-12(15(19)22(24)8(2)13(7)18)16-20-17(29-21-16)9-5-10(23(25)26)14(28-4)11(6-9)27-3;1-7-12(15(19)21-8(2)13(7)18)16(20)22-29-17(24)9-5-10(23(25)26)14(28-4)11(6-9)27-3;1-7-12(15(19)20-8(2)13(7)18)16-21-17(28-22-16)9-5-10(23(24)25)14(27-4)11(6-9)26-3/h5-6H,1-4H3;5-6H,1-4H3,(H2,20,22);5-6H,1-4H3. The van der Waals surface area contributed by atoms with Crippen molar-refractivity contribution >= 4 is 98.5 Å². The first-order valence-electron chi connectivity index (χ1n) is 23.8. The van der Waals surface area contributed by atoms with Crippen LogP contribution in [-0.4, -0.2) is 99.5 Å². The SMILES string of the molecule is COc1cc(-c2nc(-c3c(C)c(Cl)c(C)[n+]([O-])c3Cl)no2)cc([N+](=O)[O-])c1OC.COc1cc(-c2nc(-c3c(Cl)nc(C)c(Cl)c3C)no2)cc([N+](=O)[O-])c1OC.COc1cc(C(=O)O/N=C(\N)c2c(Cl)nc(C)c(Cl)c2C)cc([N+](=O)[O-])c1OC. The molecule has 0 aliphatic heterocycles. The van der Waals surface area contributed by atoms with Crippen molar-refractivity contribution < 1.29 is 66.6 Å². The van der Waals surface area contributed by atoms with Crippen LogP contribution in [0.4, 0.5) is 17.1 Å². The highest BCUT2D eigenvalue weighted by atomic mass is 35.5. The van der Waals surface area contributed by atoms with Gasteiger partial charge in [0.25, 0.3) is 16.9 Å². The number of amidine groups is 1. The van der Waals surface area contributed by atoms with Gasteiger partial charge in [-0.1, -0.05) is 73.5 Å². The molecule has 452 valence electrons. The van der Waals surface area contributed by atoms with E-state index in [-0.39, 0.29) is 129 Å². The smallest absolute Gasteiger partial charge is 0.366 e. The Labute approximate surface area is 515 Å². The molecule has 0 saturated heterocycles. The zero-order valence-electron chi connectivity index (χ0n) is 46.7. The summed E-state index contributed by atoms with van der Waals surface area (Å²) in [6.07, 6.45) is 0. The van der Waals surface area contributed by atoms with Crippen LogP contribution in [0.2, 0.25) is 30.5 Å². The van der Waals surface area contributed by atoms with Gasteiger partial charge in [-0.15, -0.1) is 0 Å². The summed E-state index contributed by atoms with van der Waals surface area (Å²) in [5, 5.41) is 58.5. The summed E-state index contributed by atoms with van der Waals surface area (Å²) in [6, 6.07) is 7.60. The molecule has 29 nitrogen and oxygen atoms in total. The minimum atomic E-state index is -1.02. The van der Waals surface area contributed by atoms with E-state index >= 15 is 0 Å². The summed E-state index contributed by atoms with van der Waals surface area (Å²) < 4.78 is 41.5. The van der Waals surface area contributed by atoms with Crippen molar-refractivity contribution in [3.63, 3.8) is 0 Å². The molecule has 0 fully saturated rings. The number of halogens is 6. The number of carbonyl (C=O) groups excluding carboxylic acids is 1. The molecule has 5 heterocycles. The quantitative estimate of drug-likeness (QED) is 0.0137. The van der Waals surface area contributed by atoms with Crippen LogP contribution in [0.5, 0.6) is 34.5 Å². The fraction of sp³-hybridized carbons (Fsp3) is 0.235. The van der Waals surface area contributed by atoms with E-state index in [0.717, 1.165) is 6.07 Å². The number of nitrogens with two attached hydrogens (primary N) is 1. The van der Waals surface area contributed by atoms with Crippen LogP contribution in [0.15, 0.2) is 50.6 Å². The first-order chi connectivity index (χ1) is 40.6. The number of aromatic nitrogens is 7. The maximum absolute atomic E-state index is 12.3. The maximum atomic E-state index is 12.3. The van der Waals surface area contributed by atoms with Gasteiger partial charge in [0, 0.05) is 25.1 Å². The van der Waals surface area contributed by atoms with E-state index in [1.807, 2.05) is 0 Å². The molecule has 0 atom stereocenters. The summed E-state index contributed by atoms with van der Waals surface area (Å²) in [6.45, 7) is 10.0. The number of methoxy groups -OCH3 is 6. The van der Waals surface area contributed by atoms with Crippen LogP contribution in [0.1, 0.15) is 49.7 Å². The van der Waals surface area contributed by atoms with Crippen LogP contribution in [0, 0.1) is 77.1 Å². The van der Waals surface area contributed by atoms with E-state index in [1.54, 1.807) is 34.6 Å². The van der Waals surface area contributed by atoms with Crippen LogP contribution in [-0.2, 0) is 4.84 Å². The topological polar surface area (TPSA) is 380 Å². The molecule has 0 unspecified atom stereocenters. The first-order valence-corrected chi connectivity index (χ1v) is 26.0. The average molecular weight is 1310 g/mol. The van der Waals surface area contributed by atoms with E-state index in [0.29, 0.717) is 48.4 Å². The van der Waals surface area contributed by atoms with Crippen LogP contribution >= 0.6 is 69.6 Å². The monoisotopic (exact) mass is 1310 g/mol. The normalized spacial score (nSPS) is 10.9. The highest BCUT2D eigenvalue weighted by Crippen LogP contribution is 2.44.